The molecular formula is C14H11F2NO3. The largest absolute Gasteiger partial charge is 0.507 e. The number of rotatable bonds is 3. The summed E-state index contributed by atoms with van der Waals surface area (Å²) in [5.74, 6) is -3.12. The first-order chi connectivity index (χ1) is 9.51. The lowest BCUT2D eigenvalue weighted by Gasteiger charge is -2.08. The van der Waals surface area contributed by atoms with Gasteiger partial charge in [-0.05, 0) is 24.3 Å². The fraction of sp³-hybridized carbons (Fsp3) is 0.0714. The molecule has 4 nitrogen and oxygen atoms in total. The average Bonchev–Trinajstić information content (AvgIpc) is 2.38. The molecule has 2 N–H and O–H groups in total. The molecule has 0 aliphatic heterocycles. The summed E-state index contributed by atoms with van der Waals surface area (Å²) in [6.07, 6.45) is 0. The third-order valence-corrected chi connectivity index (χ3v) is 2.61. The van der Waals surface area contributed by atoms with Crippen LogP contribution in [0.4, 0.5) is 14.5 Å². The summed E-state index contributed by atoms with van der Waals surface area (Å²) in [6.45, 7) is 0. The van der Waals surface area contributed by atoms with Crippen LogP contribution in [0.3, 0.4) is 0 Å². The van der Waals surface area contributed by atoms with E-state index < -0.39 is 28.9 Å². The van der Waals surface area contributed by atoms with E-state index in [-0.39, 0.29) is 0 Å². The van der Waals surface area contributed by atoms with E-state index in [1.54, 1.807) is 24.3 Å². The summed E-state index contributed by atoms with van der Waals surface area (Å²) < 4.78 is 31.3. The van der Waals surface area contributed by atoms with Crippen molar-refractivity contribution in [2.24, 2.45) is 0 Å². The van der Waals surface area contributed by atoms with Crippen LogP contribution in [0.2, 0.25) is 0 Å². The Balaban J connectivity index is 2.23. The molecule has 104 valence electrons. The molecule has 6 heteroatoms. The Morgan fingerprint density at radius 3 is 2.40 bits per heavy atom. The van der Waals surface area contributed by atoms with Gasteiger partial charge in [-0.25, -0.2) is 8.78 Å². The minimum absolute atomic E-state index is 0.388. The van der Waals surface area contributed by atoms with Gasteiger partial charge < -0.3 is 15.2 Å². The summed E-state index contributed by atoms with van der Waals surface area (Å²) in [4.78, 5) is 11.9. The molecular weight excluding hydrogens is 268 g/mol. The lowest BCUT2D eigenvalue weighted by atomic mass is 10.1. The van der Waals surface area contributed by atoms with Crippen molar-refractivity contribution >= 4 is 11.6 Å². The first-order valence-corrected chi connectivity index (χ1v) is 5.64. The molecule has 0 aromatic heterocycles. The fourth-order valence-electron chi connectivity index (χ4n) is 1.65. The highest BCUT2D eigenvalue weighted by molar-refractivity contribution is 6.06. The van der Waals surface area contributed by atoms with Gasteiger partial charge in [-0.15, -0.1) is 0 Å². The molecule has 0 bridgehead atoms. The molecule has 0 atom stereocenters. The third kappa shape index (κ3) is 2.85. The van der Waals surface area contributed by atoms with Crippen LogP contribution in [0.1, 0.15) is 10.4 Å². The number of aromatic hydroxyl groups is 1. The van der Waals surface area contributed by atoms with E-state index in [4.69, 9.17) is 4.74 Å². The summed E-state index contributed by atoms with van der Waals surface area (Å²) in [7, 11) is 1.50. The molecule has 20 heavy (non-hydrogen) atoms. The van der Waals surface area contributed by atoms with Crippen molar-refractivity contribution in [1.29, 1.82) is 0 Å². The zero-order chi connectivity index (χ0) is 14.7. The van der Waals surface area contributed by atoms with Crippen LogP contribution in [-0.2, 0) is 0 Å². The van der Waals surface area contributed by atoms with Crippen molar-refractivity contribution in [2.45, 2.75) is 0 Å². The maximum Gasteiger partial charge on any atom is 0.262 e. The van der Waals surface area contributed by atoms with Crippen molar-refractivity contribution in [1.82, 2.24) is 0 Å². The number of ether oxygens (including phenoxy) is 1. The number of phenolic OH excluding ortho intramolecular Hbond substituents is 1. The lowest BCUT2D eigenvalue weighted by Crippen LogP contribution is -2.14. The lowest BCUT2D eigenvalue weighted by molar-refractivity contribution is 0.102. The van der Waals surface area contributed by atoms with Gasteiger partial charge in [0.1, 0.15) is 28.7 Å². The van der Waals surface area contributed by atoms with Crippen LogP contribution in [0.15, 0.2) is 36.4 Å². The molecule has 0 aliphatic carbocycles. The fourth-order valence-corrected chi connectivity index (χ4v) is 1.65. The number of carbonyl (C=O) groups is 1. The molecule has 0 saturated heterocycles. The van der Waals surface area contributed by atoms with Gasteiger partial charge in [-0.2, -0.15) is 0 Å². The van der Waals surface area contributed by atoms with Crippen molar-refractivity contribution in [2.75, 3.05) is 12.4 Å². The van der Waals surface area contributed by atoms with Gasteiger partial charge in [-0.3, -0.25) is 4.79 Å². The number of anilines is 1. The number of amides is 1. The molecule has 0 unspecified atom stereocenters. The maximum atomic E-state index is 13.5. The number of hydrogen-bond acceptors (Lipinski definition) is 3. The van der Waals surface area contributed by atoms with Crippen LogP contribution < -0.4 is 10.1 Å². The Morgan fingerprint density at radius 1 is 1.20 bits per heavy atom. The molecule has 0 spiro atoms. The normalized spacial score (nSPS) is 10.2. The van der Waals surface area contributed by atoms with E-state index in [2.05, 4.69) is 5.32 Å². The number of benzene rings is 2. The summed E-state index contributed by atoms with van der Waals surface area (Å²) in [6, 6.07) is 7.52. The molecule has 0 radical (unpaired) electrons. The SMILES string of the molecule is COc1ccc(NC(=O)c2c(O)cc(F)cc2F)cc1. The zero-order valence-corrected chi connectivity index (χ0v) is 10.5. The Labute approximate surface area is 113 Å². The third-order valence-electron chi connectivity index (χ3n) is 2.61. The summed E-state index contributed by atoms with van der Waals surface area (Å²) >= 11 is 0. The molecule has 0 saturated carbocycles. The highest BCUT2D eigenvalue weighted by atomic mass is 19.1. The number of nitrogens with one attached hydrogen (secondary N) is 1. The number of phenols is 1. The molecule has 1 amide bonds. The van der Waals surface area contributed by atoms with E-state index in [9.17, 15) is 18.7 Å². The number of hydrogen-bond donors (Lipinski definition) is 2. The number of methoxy groups -OCH3 is 1. The molecule has 2 rings (SSSR count). The standard InChI is InChI=1S/C14H11F2NO3/c1-20-10-4-2-9(3-5-10)17-14(19)13-11(16)6-8(15)7-12(13)18/h2-7,18H,1H3,(H,17,19). The van der Waals surface area contributed by atoms with Gasteiger partial charge in [-0.1, -0.05) is 0 Å². The molecule has 2 aromatic rings. The van der Waals surface area contributed by atoms with E-state index in [1.165, 1.54) is 7.11 Å². The second kappa shape index (κ2) is 5.56. The van der Waals surface area contributed by atoms with E-state index in [0.717, 1.165) is 0 Å². The first-order valence-electron chi connectivity index (χ1n) is 5.64. The minimum Gasteiger partial charge on any atom is -0.507 e. The molecule has 0 heterocycles. The molecule has 2 aromatic carbocycles. The second-order valence-electron chi connectivity index (χ2n) is 3.96. The Kier molecular flexibility index (Phi) is 3.84. The van der Waals surface area contributed by atoms with Crippen LogP contribution in [0.5, 0.6) is 11.5 Å². The van der Waals surface area contributed by atoms with Gasteiger partial charge in [0.05, 0.1) is 7.11 Å². The second-order valence-corrected chi connectivity index (χ2v) is 3.96. The van der Waals surface area contributed by atoms with Crippen molar-refractivity contribution in [3.05, 3.63) is 53.6 Å². The van der Waals surface area contributed by atoms with Crippen molar-refractivity contribution < 1.29 is 23.4 Å². The minimum atomic E-state index is -1.13. The van der Waals surface area contributed by atoms with Crippen LogP contribution in [0, 0.1) is 11.6 Å². The molecule has 0 fully saturated rings. The first kappa shape index (κ1) is 13.8. The predicted molar refractivity (Wildman–Crippen MR) is 69.0 cm³/mol. The van der Waals surface area contributed by atoms with Crippen LogP contribution in [0.25, 0.3) is 0 Å². The van der Waals surface area contributed by atoms with Crippen LogP contribution in [-0.4, -0.2) is 18.1 Å². The van der Waals surface area contributed by atoms with Gasteiger partial charge >= 0.3 is 0 Å². The molecule has 0 aliphatic rings. The van der Waals surface area contributed by atoms with Crippen LogP contribution >= 0.6 is 0 Å². The number of carbonyl (C=O) groups excluding carboxylic acids is 1. The summed E-state index contributed by atoms with van der Waals surface area (Å²) in [5.41, 5.74) is -0.221. The van der Waals surface area contributed by atoms with Gasteiger partial charge in [0.2, 0.25) is 0 Å². The average molecular weight is 279 g/mol. The highest BCUT2D eigenvalue weighted by Gasteiger charge is 2.18. The smallest absolute Gasteiger partial charge is 0.262 e. The van der Waals surface area contributed by atoms with Gasteiger partial charge in [0.15, 0.2) is 0 Å². The van der Waals surface area contributed by atoms with E-state index in [1.807, 2.05) is 0 Å². The Morgan fingerprint density at radius 2 is 1.85 bits per heavy atom. The van der Waals surface area contributed by atoms with E-state index in [0.29, 0.717) is 23.6 Å². The predicted octanol–water partition coefficient (Wildman–Crippen LogP) is 2.93. The van der Waals surface area contributed by atoms with Gasteiger partial charge in [0, 0.05) is 17.8 Å². The number of halogens is 2. The monoisotopic (exact) mass is 279 g/mol. The summed E-state index contributed by atoms with van der Waals surface area (Å²) in [5, 5.41) is 11.8. The van der Waals surface area contributed by atoms with Crippen molar-refractivity contribution in [3.63, 3.8) is 0 Å². The van der Waals surface area contributed by atoms with Crippen molar-refractivity contribution in [3.8, 4) is 11.5 Å². The highest BCUT2D eigenvalue weighted by Crippen LogP contribution is 2.23. The zero-order valence-electron chi connectivity index (χ0n) is 10.5. The topological polar surface area (TPSA) is 58.6 Å². The van der Waals surface area contributed by atoms with Gasteiger partial charge in [0.25, 0.3) is 5.91 Å². The quantitative estimate of drug-likeness (QED) is 0.908. The Bertz CT molecular complexity index is 618. The Hall–Kier alpha value is -2.63. The maximum absolute atomic E-state index is 13.5. The van der Waals surface area contributed by atoms with E-state index >= 15 is 0 Å².